The highest BCUT2D eigenvalue weighted by molar-refractivity contribution is 5.91. The summed E-state index contributed by atoms with van der Waals surface area (Å²) in [6.07, 6.45) is 0. The molecule has 2 fully saturated rings. The highest BCUT2D eigenvalue weighted by Gasteiger charge is 2.41. The van der Waals surface area contributed by atoms with Crippen molar-refractivity contribution >= 4 is 11.7 Å². The summed E-state index contributed by atoms with van der Waals surface area (Å²) >= 11 is 0. The summed E-state index contributed by atoms with van der Waals surface area (Å²) in [5.74, 6) is 2.06. The van der Waals surface area contributed by atoms with Gasteiger partial charge in [0, 0.05) is 37.5 Å². The van der Waals surface area contributed by atoms with Crippen molar-refractivity contribution in [3.63, 3.8) is 0 Å². The molecule has 4 rings (SSSR count). The van der Waals surface area contributed by atoms with E-state index in [1.165, 1.54) is 0 Å². The summed E-state index contributed by atoms with van der Waals surface area (Å²) in [6, 6.07) is 15.5. The van der Waals surface area contributed by atoms with Crippen LogP contribution in [-0.4, -0.2) is 63.5 Å². The predicted molar refractivity (Wildman–Crippen MR) is 120 cm³/mol. The number of methoxy groups -OCH3 is 1. The van der Waals surface area contributed by atoms with Crippen LogP contribution < -0.4 is 20.1 Å². The smallest absolute Gasteiger partial charge is 0.319 e. The van der Waals surface area contributed by atoms with E-state index in [1.807, 2.05) is 55.5 Å². The van der Waals surface area contributed by atoms with Crippen LogP contribution >= 0.6 is 0 Å². The molecule has 2 bridgehead atoms. The van der Waals surface area contributed by atoms with Gasteiger partial charge in [0.2, 0.25) is 0 Å². The first-order valence-corrected chi connectivity index (χ1v) is 10.8. The largest absolute Gasteiger partial charge is 0.495 e. The van der Waals surface area contributed by atoms with Crippen molar-refractivity contribution in [2.75, 3.05) is 51.9 Å². The van der Waals surface area contributed by atoms with Gasteiger partial charge in [0.25, 0.3) is 0 Å². The van der Waals surface area contributed by atoms with Gasteiger partial charge in [0.1, 0.15) is 18.1 Å². The number of urea groups is 1. The molecule has 2 aromatic carbocycles. The number of carbonyl (C=O) groups is 1. The molecule has 31 heavy (non-hydrogen) atoms. The molecule has 2 heterocycles. The van der Waals surface area contributed by atoms with Crippen molar-refractivity contribution in [1.29, 1.82) is 0 Å². The third-order valence-corrected chi connectivity index (χ3v) is 5.99. The SMILES string of the molecule is COc1ccc(C)cc1NC(=O)NC1C2COCC1CN(CCOc1ccccc1)C2. The number of aryl methyl sites for hydroxylation is 1. The molecule has 2 unspecified atom stereocenters. The molecule has 2 saturated heterocycles. The first kappa shape index (κ1) is 21.5. The fraction of sp³-hybridized carbons (Fsp3) is 0.458. The number of nitrogens with zero attached hydrogens (tertiary/aromatic N) is 1. The molecular formula is C24H31N3O4. The second-order valence-corrected chi connectivity index (χ2v) is 8.31. The molecule has 0 spiro atoms. The van der Waals surface area contributed by atoms with Crippen LogP contribution in [0.2, 0.25) is 0 Å². The van der Waals surface area contributed by atoms with E-state index in [2.05, 4.69) is 15.5 Å². The third-order valence-electron chi connectivity index (χ3n) is 5.99. The molecule has 0 aromatic heterocycles. The summed E-state index contributed by atoms with van der Waals surface area (Å²) in [4.78, 5) is 15.2. The number of likely N-dealkylation sites (tertiary alicyclic amines) is 1. The molecule has 0 radical (unpaired) electrons. The summed E-state index contributed by atoms with van der Waals surface area (Å²) in [6.45, 7) is 6.58. The van der Waals surface area contributed by atoms with Crippen LogP contribution in [0.25, 0.3) is 0 Å². The maximum atomic E-state index is 12.7. The first-order chi connectivity index (χ1) is 15.1. The van der Waals surface area contributed by atoms with Gasteiger partial charge >= 0.3 is 6.03 Å². The van der Waals surface area contributed by atoms with E-state index >= 15 is 0 Å². The van der Waals surface area contributed by atoms with E-state index in [-0.39, 0.29) is 23.9 Å². The monoisotopic (exact) mass is 425 g/mol. The van der Waals surface area contributed by atoms with Gasteiger partial charge in [-0.25, -0.2) is 4.79 Å². The molecule has 0 aliphatic carbocycles. The summed E-state index contributed by atoms with van der Waals surface area (Å²) < 4.78 is 17.0. The normalized spacial score (nSPS) is 23.1. The van der Waals surface area contributed by atoms with Crippen molar-refractivity contribution in [2.45, 2.75) is 13.0 Å². The molecule has 2 aliphatic heterocycles. The Balaban J connectivity index is 1.31. The third kappa shape index (κ3) is 5.48. The molecule has 7 nitrogen and oxygen atoms in total. The lowest BCUT2D eigenvalue weighted by Crippen LogP contribution is -2.62. The molecule has 7 heteroatoms. The van der Waals surface area contributed by atoms with Crippen LogP contribution in [-0.2, 0) is 4.74 Å². The van der Waals surface area contributed by atoms with Crippen LogP contribution in [0.15, 0.2) is 48.5 Å². The fourth-order valence-electron chi connectivity index (χ4n) is 4.49. The maximum Gasteiger partial charge on any atom is 0.319 e. The van der Waals surface area contributed by atoms with Gasteiger partial charge in [0.05, 0.1) is 26.0 Å². The van der Waals surface area contributed by atoms with E-state index < -0.39 is 0 Å². The lowest BCUT2D eigenvalue weighted by molar-refractivity contribution is -0.0625. The van der Waals surface area contributed by atoms with Crippen molar-refractivity contribution in [3.8, 4) is 11.5 Å². The molecule has 2 atom stereocenters. The number of nitrogens with one attached hydrogen (secondary N) is 2. The number of para-hydroxylation sites is 1. The maximum absolute atomic E-state index is 12.7. The summed E-state index contributed by atoms with van der Waals surface area (Å²) in [7, 11) is 1.60. The van der Waals surface area contributed by atoms with Gasteiger partial charge in [-0.15, -0.1) is 0 Å². The minimum Gasteiger partial charge on any atom is -0.495 e. The van der Waals surface area contributed by atoms with Crippen LogP contribution in [0.4, 0.5) is 10.5 Å². The van der Waals surface area contributed by atoms with E-state index in [4.69, 9.17) is 14.2 Å². The lowest BCUT2D eigenvalue weighted by Gasteiger charge is -2.47. The Hall–Kier alpha value is -2.77. The Morgan fingerprint density at radius 2 is 1.87 bits per heavy atom. The molecule has 2 amide bonds. The van der Waals surface area contributed by atoms with E-state index in [1.54, 1.807) is 7.11 Å². The molecule has 2 aliphatic rings. The number of fused-ring (bicyclic) bond motifs is 2. The average Bonchev–Trinajstić information content (AvgIpc) is 2.75. The van der Waals surface area contributed by atoms with Crippen molar-refractivity contribution < 1.29 is 19.0 Å². The number of rotatable bonds is 7. The number of piperidine rings is 1. The van der Waals surface area contributed by atoms with Crippen LogP contribution in [0.5, 0.6) is 11.5 Å². The second kappa shape index (κ2) is 10.0. The summed E-state index contributed by atoms with van der Waals surface area (Å²) in [5.41, 5.74) is 1.74. The standard InChI is InChI=1S/C24H31N3O4/c1-17-8-9-22(29-2)21(12-17)25-24(28)26-23-18-13-27(14-19(23)16-30-15-18)10-11-31-20-6-4-3-5-7-20/h3-9,12,18-19,23H,10-11,13-16H2,1-2H3,(H2,25,26,28). The number of carbonyl (C=O) groups excluding carboxylic acids is 1. The highest BCUT2D eigenvalue weighted by Crippen LogP contribution is 2.29. The number of hydrogen-bond donors (Lipinski definition) is 2. The topological polar surface area (TPSA) is 72.1 Å². The Labute approximate surface area is 183 Å². The van der Waals surface area contributed by atoms with Crippen molar-refractivity contribution in [2.24, 2.45) is 11.8 Å². The Morgan fingerprint density at radius 3 is 2.58 bits per heavy atom. The Kier molecular flexibility index (Phi) is 6.94. The quantitative estimate of drug-likeness (QED) is 0.713. The number of anilines is 1. The van der Waals surface area contributed by atoms with Gasteiger partial charge in [-0.3, -0.25) is 4.90 Å². The van der Waals surface area contributed by atoms with Gasteiger partial charge < -0.3 is 24.8 Å². The van der Waals surface area contributed by atoms with Crippen molar-refractivity contribution in [3.05, 3.63) is 54.1 Å². The zero-order valence-corrected chi connectivity index (χ0v) is 18.2. The van der Waals surface area contributed by atoms with E-state index in [0.29, 0.717) is 31.3 Å². The number of benzene rings is 2. The fourth-order valence-corrected chi connectivity index (χ4v) is 4.49. The summed E-state index contributed by atoms with van der Waals surface area (Å²) in [5, 5.41) is 6.15. The Morgan fingerprint density at radius 1 is 1.13 bits per heavy atom. The minimum absolute atomic E-state index is 0.0934. The predicted octanol–water partition coefficient (Wildman–Crippen LogP) is 3.15. The molecule has 2 N–H and O–H groups in total. The van der Waals surface area contributed by atoms with E-state index in [0.717, 1.165) is 30.9 Å². The second-order valence-electron chi connectivity index (χ2n) is 8.31. The molecule has 0 saturated carbocycles. The van der Waals surface area contributed by atoms with Crippen LogP contribution in [0.1, 0.15) is 5.56 Å². The zero-order chi connectivity index (χ0) is 21.6. The van der Waals surface area contributed by atoms with Gasteiger partial charge in [-0.05, 0) is 36.8 Å². The van der Waals surface area contributed by atoms with Gasteiger partial charge in [-0.2, -0.15) is 0 Å². The van der Waals surface area contributed by atoms with Crippen LogP contribution in [0.3, 0.4) is 0 Å². The number of amides is 2. The first-order valence-electron chi connectivity index (χ1n) is 10.8. The van der Waals surface area contributed by atoms with Crippen molar-refractivity contribution in [1.82, 2.24) is 10.2 Å². The van der Waals surface area contributed by atoms with Crippen LogP contribution in [0, 0.1) is 18.8 Å². The molecule has 166 valence electrons. The number of hydrogen-bond acceptors (Lipinski definition) is 5. The van der Waals surface area contributed by atoms with Gasteiger partial charge in [0.15, 0.2) is 0 Å². The minimum atomic E-state index is -0.202. The van der Waals surface area contributed by atoms with E-state index in [9.17, 15) is 4.79 Å². The van der Waals surface area contributed by atoms with Gasteiger partial charge in [-0.1, -0.05) is 24.3 Å². The zero-order valence-electron chi connectivity index (χ0n) is 18.2. The molecular weight excluding hydrogens is 394 g/mol. The average molecular weight is 426 g/mol. The Bertz CT molecular complexity index is 862. The lowest BCUT2D eigenvalue weighted by atomic mass is 9.82. The molecule has 2 aromatic rings. The number of ether oxygens (including phenoxy) is 3. The highest BCUT2D eigenvalue weighted by atomic mass is 16.5.